The Morgan fingerprint density at radius 2 is 2.56 bits per heavy atom. The molecule has 1 aliphatic rings. The molecule has 0 saturated heterocycles. The van der Waals surface area contributed by atoms with Crippen molar-refractivity contribution in [3.05, 3.63) is 18.6 Å². The van der Waals surface area contributed by atoms with E-state index in [4.69, 9.17) is 9.84 Å². The monoisotopic (exact) mass is 297 g/mol. The molecule has 0 spiro atoms. The molecule has 2 nitrogen and oxygen atoms in total. The van der Waals surface area contributed by atoms with Crippen LogP contribution in [0.5, 0.6) is 0 Å². The zero-order chi connectivity index (χ0) is 5.82. The molecule has 52 valence electrons. The van der Waals surface area contributed by atoms with Crippen LogP contribution in [-0.2, 0) is 25.8 Å². The van der Waals surface area contributed by atoms with Crippen LogP contribution in [-0.4, -0.2) is 24.4 Å². The largest absolute Gasteiger partial charge is 0.428 e. The predicted octanol–water partition coefficient (Wildman–Crippen LogP) is 0.135. The molecule has 0 radical (unpaired) electrons. The first kappa shape index (κ1) is 9.35. The van der Waals surface area contributed by atoms with E-state index in [-0.39, 0.29) is 33.8 Å². The molecule has 1 rings (SSSR count). The molecule has 0 aromatic heterocycles. The Morgan fingerprint density at radius 1 is 1.78 bits per heavy atom. The van der Waals surface area contributed by atoms with E-state index in [1.54, 1.807) is 6.42 Å². The number of rotatable bonds is 2. The molecule has 1 heterocycles. The summed E-state index contributed by atoms with van der Waals surface area (Å²) in [5.41, 5.74) is 0. The van der Waals surface area contributed by atoms with Crippen molar-refractivity contribution in [2.45, 2.75) is 6.10 Å². The summed E-state index contributed by atoms with van der Waals surface area (Å²) in [6.07, 6.45) is 5.64. The van der Waals surface area contributed by atoms with Crippen molar-refractivity contribution in [2.24, 2.45) is 0 Å². The molecule has 1 atom stereocenters. The minimum absolute atomic E-state index is 0. The van der Waals surface area contributed by atoms with Gasteiger partial charge in [-0.15, -0.1) is 0 Å². The smallest absolute Gasteiger partial charge is 0.0619 e. The maximum absolute atomic E-state index is 8.36. The van der Waals surface area contributed by atoms with Crippen LogP contribution in [0.3, 0.4) is 0 Å². The molecular weight excluding hydrogens is 288 g/mol. The van der Waals surface area contributed by atoms with Gasteiger partial charge in [-0.1, -0.05) is 18.8 Å². The van der Waals surface area contributed by atoms with Crippen LogP contribution >= 0.6 is 0 Å². The fraction of sp³-hybridized carbons (Fsp3) is 0.500. The van der Waals surface area contributed by atoms with Crippen molar-refractivity contribution in [1.29, 1.82) is 0 Å². The summed E-state index contributed by atoms with van der Waals surface area (Å²) < 4.78 is 5.07. The van der Waals surface area contributed by atoms with Crippen LogP contribution in [0.2, 0.25) is 0 Å². The molecule has 0 bridgehead atoms. The van der Waals surface area contributed by atoms with Gasteiger partial charge in [0.15, 0.2) is 0 Å². The Balaban J connectivity index is 0.000000640. The van der Waals surface area contributed by atoms with Gasteiger partial charge >= 0.3 is 0 Å². The maximum atomic E-state index is 8.36. The minimum atomic E-state index is 0. The van der Waals surface area contributed by atoms with E-state index < -0.39 is 0 Å². The van der Waals surface area contributed by atoms with Crippen LogP contribution < -0.4 is 0 Å². The Kier molecular flexibility index (Phi) is 5.36. The summed E-state index contributed by atoms with van der Waals surface area (Å²) in [7, 11) is 0. The zero-order valence-corrected chi connectivity index (χ0v) is 7.92. The average molecular weight is 297 g/mol. The van der Waals surface area contributed by atoms with E-state index >= 15 is 0 Å². The topological polar surface area (TPSA) is 29.5 Å². The summed E-state index contributed by atoms with van der Waals surface area (Å²) in [5.74, 6) is 0. The molecule has 0 aromatic rings. The van der Waals surface area contributed by atoms with E-state index in [2.05, 4.69) is 0 Å². The standard InChI is InChI=1S/C6H9O2.W/c7-4-3-6-2-1-5-8-6;/h1-3,6-7H,4-5H2;/q-1;/t6-;/m0./s1. The molecule has 0 saturated carbocycles. The summed E-state index contributed by atoms with van der Waals surface area (Å²) in [4.78, 5) is 0. The van der Waals surface area contributed by atoms with Crippen LogP contribution in [0.1, 0.15) is 0 Å². The van der Waals surface area contributed by atoms with Gasteiger partial charge in [0.2, 0.25) is 0 Å². The van der Waals surface area contributed by atoms with E-state index in [1.165, 1.54) is 0 Å². The van der Waals surface area contributed by atoms with Gasteiger partial charge in [-0.05, 0) is 6.10 Å². The van der Waals surface area contributed by atoms with Gasteiger partial charge in [0.05, 0.1) is 6.61 Å². The number of hydrogen-bond acceptors (Lipinski definition) is 2. The first-order valence-electron chi connectivity index (χ1n) is 2.66. The summed E-state index contributed by atoms with van der Waals surface area (Å²) in [6, 6.07) is 0. The Hall–Kier alpha value is 0.348. The normalized spacial score (nSPS) is 23.9. The third kappa shape index (κ3) is 3.14. The van der Waals surface area contributed by atoms with E-state index in [1.807, 2.05) is 12.2 Å². The Labute approximate surface area is 69.2 Å². The molecule has 0 aliphatic carbocycles. The van der Waals surface area contributed by atoms with Gasteiger partial charge in [0.25, 0.3) is 0 Å². The summed E-state index contributed by atoms with van der Waals surface area (Å²) in [5, 5.41) is 8.36. The van der Waals surface area contributed by atoms with Crippen LogP contribution in [0.4, 0.5) is 0 Å². The first-order chi connectivity index (χ1) is 3.93. The van der Waals surface area contributed by atoms with E-state index in [0.29, 0.717) is 6.61 Å². The van der Waals surface area contributed by atoms with Gasteiger partial charge in [0, 0.05) is 21.1 Å². The molecule has 0 aromatic carbocycles. The van der Waals surface area contributed by atoms with Crippen molar-refractivity contribution in [1.82, 2.24) is 0 Å². The fourth-order valence-corrected chi connectivity index (χ4v) is 0.662. The second-order valence-corrected chi connectivity index (χ2v) is 1.64. The Bertz CT molecular complexity index is 93.1. The first-order valence-corrected chi connectivity index (χ1v) is 2.66. The molecule has 1 N–H and O–H groups in total. The van der Waals surface area contributed by atoms with Gasteiger partial charge in [-0.3, -0.25) is 6.42 Å². The minimum Gasteiger partial charge on any atom is -0.428 e. The average Bonchev–Trinajstić information content (AvgIpc) is 2.19. The number of ether oxygens (including phenoxy) is 1. The molecular formula is C6H9O2W-. The molecule has 3 heteroatoms. The number of aliphatic hydroxyl groups is 1. The van der Waals surface area contributed by atoms with Crippen molar-refractivity contribution < 1.29 is 30.9 Å². The van der Waals surface area contributed by atoms with E-state index in [0.717, 1.165) is 0 Å². The summed E-state index contributed by atoms with van der Waals surface area (Å²) in [6.45, 7) is 0.774. The van der Waals surface area contributed by atoms with E-state index in [9.17, 15) is 0 Å². The third-order valence-corrected chi connectivity index (χ3v) is 1.05. The fourth-order valence-electron chi connectivity index (χ4n) is 0.662. The second-order valence-electron chi connectivity index (χ2n) is 1.64. The molecule has 0 fully saturated rings. The van der Waals surface area contributed by atoms with Crippen LogP contribution in [0.15, 0.2) is 12.2 Å². The van der Waals surface area contributed by atoms with Crippen molar-refractivity contribution in [2.75, 3.05) is 13.2 Å². The molecule has 9 heavy (non-hydrogen) atoms. The van der Waals surface area contributed by atoms with Crippen molar-refractivity contribution in [3.8, 4) is 0 Å². The SMILES string of the molecule is OC[CH-][C@@H]1C=CCO1.[W]. The van der Waals surface area contributed by atoms with Gasteiger partial charge < -0.3 is 9.84 Å². The zero-order valence-electron chi connectivity index (χ0n) is 4.99. The second kappa shape index (κ2) is 5.16. The van der Waals surface area contributed by atoms with Crippen molar-refractivity contribution in [3.63, 3.8) is 0 Å². The quantitative estimate of drug-likeness (QED) is 0.580. The predicted molar refractivity (Wildman–Crippen MR) is 30.3 cm³/mol. The van der Waals surface area contributed by atoms with Gasteiger partial charge in [-0.2, -0.15) is 0 Å². The van der Waals surface area contributed by atoms with Crippen molar-refractivity contribution >= 4 is 0 Å². The van der Waals surface area contributed by atoms with Gasteiger partial charge in [0.1, 0.15) is 0 Å². The maximum Gasteiger partial charge on any atom is 0.0619 e. The molecule has 1 aliphatic heterocycles. The molecule has 0 unspecified atom stereocenters. The third-order valence-electron chi connectivity index (χ3n) is 1.05. The van der Waals surface area contributed by atoms with Gasteiger partial charge in [-0.25, -0.2) is 0 Å². The Morgan fingerprint density at radius 3 is 3.00 bits per heavy atom. The molecule has 0 amide bonds. The summed E-state index contributed by atoms with van der Waals surface area (Å²) >= 11 is 0. The number of hydrogen-bond donors (Lipinski definition) is 1. The van der Waals surface area contributed by atoms with Crippen LogP contribution in [0, 0.1) is 6.42 Å². The van der Waals surface area contributed by atoms with Crippen LogP contribution in [0.25, 0.3) is 0 Å². The number of aliphatic hydroxyl groups excluding tert-OH is 1.